The van der Waals surface area contributed by atoms with Crippen molar-refractivity contribution >= 4 is 33.3 Å². The Bertz CT molecular complexity index is 368. The van der Waals surface area contributed by atoms with Crippen LogP contribution in [-0.2, 0) is 0 Å². The number of halogens is 3. The maximum Gasteiger partial charge on any atom is 0.181 e. The number of alkyl halides is 1. The second kappa shape index (κ2) is 4.75. The van der Waals surface area contributed by atoms with Crippen LogP contribution in [0.25, 0.3) is 0 Å². The Morgan fingerprint density at radius 2 is 2.29 bits per heavy atom. The summed E-state index contributed by atoms with van der Waals surface area (Å²) in [6.45, 7) is 0. The van der Waals surface area contributed by atoms with E-state index in [4.69, 9.17) is 16.3 Å². The van der Waals surface area contributed by atoms with Crippen LogP contribution in [-0.4, -0.2) is 18.8 Å². The van der Waals surface area contributed by atoms with Gasteiger partial charge in [0.25, 0.3) is 0 Å². The summed E-state index contributed by atoms with van der Waals surface area (Å²) in [7, 11) is 1.37. The number of carbonyl (C=O) groups excluding carboxylic acids is 1. The molecular weight excluding hydrogens is 274 g/mol. The molecule has 76 valence electrons. The number of carbonyl (C=O) groups is 1. The van der Waals surface area contributed by atoms with Crippen LogP contribution in [0.3, 0.4) is 0 Å². The largest absolute Gasteiger partial charge is 0.496 e. The van der Waals surface area contributed by atoms with E-state index in [-0.39, 0.29) is 27.4 Å². The van der Waals surface area contributed by atoms with Crippen molar-refractivity contribution in [2.24, 2.45) is 0 Å². The van der Waals surface area contributed by atoms with Gasteiger partial charge in [-0.15, -0.1) is 11.6 Å². The van der Waals surface area contributed by atoms with Gasteiger partial charge in [-0.05, 0) is 22.0 Å². The van der Waals surface area contributed by atoms with E-state index in [0.717, 1.165) is 6.07 Å². The number of benzene rings is 1. The summed E-state index contributed by atoms with van der Waals surface area (Å²) in [5.74, 6) is -0.748. The van der Waals surface area contributed by atoms with Crippen LogP contribution in [0.1, 0.15) is 10.4 Å². The molecule has 1 aromatic carbocycles. The predicted molar refractivity (Wildman–Crippen MR) is 55.7 cm³/mol. The smallest absolute Gasteiger partial charge is 0.181 e. The molecule has 0 saturated heterocycles. The van der Waals surface area contributed by atoms with Crippen LogP contribution in [0.2, 0.25) is 0 Å². The molecule has 0 amide bonds. The lowest BCUT2D eigenvalue weighted by Crippen LogP contribution is -2.04. The molecule has 0 aliphatic heterocycles. The van der Waals surface area contributed by atoms with E-state index >= 15 is 0 Å². The van der Waals surface area contributed by atoms with E-state index in [1.807, 2.05) is 0 Å². The number of rotatable bonds is 3. The number of Topliss-reactive ketones (excluding diaryl/α,β-unsaturated/α-hetero) is 1. The van der Waals surface area contributed by atoms with Crippen LogP contribution >= 0.6 is 27.5 Å². The lowest BCUT2D eigenvalue weighted by molar-refractivity contribution is 0.101. The molecule has 0 bridgehead atoms. The molecular formula is C9H7BrClFO2. The van der Waals surface area contributed by atoms with Gasteiger partial charge in [-0.1, -0.05) is 0 Å². The Balaban J connectivity index is 3.27. The number of ether oxygens (including phenoxy) is 1. The lowest BCUT2D eigenvalue weighted by atomic mass is 10.1. The van der Waals surface area contributed by atoms with E-state index < -0.39 is 5.82 Å². The standard InChI is InChI=1S/C9H7BrClFO2/c1-14-9-3-7(12)6(10)2-5(9)8(13)4-11/h2-3H,4H2,1H3. The van der Waals surface area contributed by atoms with Gasteiger partial charge in [0.2, 0.25) is 0 Å². The fourth-order valence-electron chi connectivity index (χ4n) is 0.987. The molecule has 0 radical (unpaired) electrons. The molecule has 5 heteroatoms. The van der Waals surface area contributed by atoms with E-state index in [0.29, 0.717) is 0 Å². The molecule has 0 aliphatic carbocycles. The van der Waals surface area contributed by atoms with E-state index in [1.54, 1.807) is 0 Å². The molecule has 0 heterocycles. The van der Waals surface area contributed by atoms with Crippen LogP contribution in [0, 0.1) is 5.82 Å². The number of ketones is 1. The van der Waals surface area contributed by atoms with Gasteiger partial charge in [0.05, 0.1) is 23.0 Å². The first-order chi connectivity index (χ1) is 6.60. The van der Waals surface area contributed by atoms with Gasteiger partial charge in [-0.3, -0.25) is 4.79 Å². The zero-order valence-corrected chi connectivity index (χ0v) is 9.65. The van der Waals surface area contributed by atoms with Crippen LogP contribution in [0.4, 0.5) is 4.39 Å². The summed E-state index contributed by atoms with van der Waals surface area (Å²) in [6, 6.07) is 2.50. The monoisotopic (exact) mass is 280 g/mol. The molecule has 0 unspecified atom stereocenters. The first kappa shape index (κ1) is 11.5. The highest BCUT2D eigenvalue weighted by Crippen LogP contribution is 2.26. The quantitative estimate of drug-likeness (QED) is 0.629. The van der Waals surface area contributed by atoms with Gasteiger partial charge in [-0.2, -0.15) is 0 Å². The summed E-state index contributed by atoms with van der Waals surface area (Å²) < 4.78 is 18.1. The average Bonchev–Trinajstić information content (AvgIpc) is 2.20. The maximum atomic E-state index is 13.0. The zero-order valence-electron chi connectivity index (χ0n) is 7.31. The molecule has 0 aromatic heterocycles. The summed E-state index contributed by atoms with van der Waals surface area (Å²) >= 11 is 8.37. The molecule has 14 heavy (non-hydrogen) atoms. The van der Waals surface area contributed by atoms with Gasteiger partial charge in [0.1, 0.15) is 11.6 Å². The highest BCUT2D eigenvalue weighted by molar-refractivity contribution is 9.10. The number of hydrogen-bond donors (Lipinski definition) is 0. The molecule has 0 spiro atoms. The minimum Gasteiger partial charge on any atom is -0.496 e. The molecule has 0 saturated carbocycles. The minimum atomic E-state index is -0.479. The normalized spacial score (nSPS) is 10.0. The van der Waals surface area contributed by atoms with Crippen molar-refractivity contribution in [3.63, 3.8) is 0 Å². The van der Waals surface area contributed by atoms with Gasteiger partial charge in [0.15, 0.2) is 5.78 Å². The van der Waals surface area contributed by atoms with Gasteiger partial charge in [-0.25, -0.2) is 4.39 Å². The molecule has 1 rings (SSSR count). The number of methoxy groups -OCH3 is 1. The Hall–Kier alpha value is -0.610. The summed E-state index contributed by atoms with van der Waals surface area (Å²) in [5.41, 5.74) is 0.274. The molecule has 0 fully saturated rings. The van der Waals surface area contributed by atoms with Crippen LogP contribution in [0.15, 0.2) is 16.6 Å². The summed E-state index contributed by atoms with van der Waals surface area (Å²) in [4.78, 5) is 11.3. The first-order valence-electron chi connectivity index (χ1n) is 3.72. The Labute approximate surface area is 94.1 Å². The third kappa shape index (κ3) is 2.25. The zero-order chi connectivity index (χ0) is 10.7. The minimum absolute atomic E-state index is 0.158. The molecule has 0 N–H and O–H groups in total. The van der Waals surface area contributed by atoms with Gasteiger partial charge < -0.3 is 4.74 Å². The fraction of sp³-hybridized carbons (Fsp3) is 0.222. The topological polar surface area (TPSA) is 26.3 Å². The second-order valence-electron chi connectivity index (χ2n) is 2.52. The molecule has 0 aliphatic rings. The highest BCUT2D eigenvalue weighted by atomic mass is 79.9. The van der Waals surface area contributed by atoms with Crippen molar-refractivity contribution in [2.45, 2.75) is 0 Å². The average molecular weight is 282 g/mol. The van der Waals surface area contributed by atoms with E-state index in [1.165, 1.54) is 13.2 Å². The SMILES string of the molecule is COc1cc(F)c(Br)cc1C(=O)CCl. The maximum absolute atomic E-state index is 13.0. The lowest BCUT2D eigenvalue weighted by Gasteiger charge is -2.07. The van der Waals surface area contributed by atoms with E-state index in [9.17, 15) is 9.18 Å². The molecule has 1 aromatic rings. The third-order valence-corrected chi connectivity index (χ3v) is 2.51. The predicted octanol–water partition coefficient (Wildman–Crippen LogP) is 3.02. The van der Waals surface area contributed by atoms with Crippen molar-refractivity contribution in [1.82, 2.24) is 0 Å². The molecule has 2 nitrogen and oxygen atoms in total. The second-order valence-corrected chi connectivity index (χ2v) is 3.65. The molecule has 0 atom stereocenters. The van der Waals surface area contributed by atoms with Crippen molar-refractivity contribution < 1.29 is 13.9 Å². The van der Waals surface area contributed by atoms with Crippen LogP contribution < -0.4 is 4.74 Å². The van der Waals surface area contributed by atoms with Crippen molar-refractivity contribution in [3.8, 4) is 5.75 Å². The van der Waals surface area contributed by atoms with Crippen molar-refractivity contribution in [2.75, 3.05) is 13.0 Å². The van der Waals surface area contributed by atoms with Crippen LogP contribution in [0.5, 0.6) is 5.75 Å². The van der Waals surface area contributed by atoms with E-state index in [2.05, 4.69) is 15.9 Å². The third-order valence-electron chi connectivity index (χ3n) is 1.66. The fourth-order valence-corrected chi connectivity index (χ4v) is 1.47. The Morgan fingerprint density at radius 1 is 1.64 bits per heavy atom. The Kier molecular flexibility index (Phi) is 3.89. The number of hydrogen-bond acceptors (Lipinski definition) is 2. The first-order valence-corrected chi connectivity index (χ1v) is 5.05. The van der Waals surface area contributed by atoms with Gasteiger partial charge in [0, 0.05) is 6.07 Å². The summed E-state index contributed by atoms with van der Waals surface area (Å²) in [6.07, 6.45) is 0. The Morgan fingerprint density at radius 3 is 2.79 bits per heavy atom. The van der Waals surface area contributed by atoms with Crippen molar-refractivity contribution in [1.29, 1.82) is 0 Å². The van der Waals surface area contributed by atoms with Crippen molar-refractivity contribution in [3.05, 3.63) is 28.0 Å². The highest BCUT2D eigenvalue weighted by Gasteiger charge is 2.14. The summed E-state index contributed by atoms with van der Waals surface area (Å²) in [5, 5.41) is 0. The van der Waals surface area contributed by atoms with Gasteiger partial charge >= 0.3 is 0 Å².